The van der Waals surface area contributed by atoms with E-state index in [2.05, 4.69) is 5.32 Å². The molecule has 1 aromatic carbocycles. The van der Waals surface area contributed by atoms with Gasteiger partial charge in [-0.25, -0.2) is 18.4 Å². The number of benzene rings is 1. The average Bonchev–Trinajstić information content (AvgIpc) is 3.09. The molecule has 1 aromatic rings. The van der Waals surface area contributed by atoms with Crippen LogP contribution in [0.4, 0.5) is 13.6 Å². The van der Waals surface area contributed by atoms with E-state index in [9.17, 15) is 18.4 Å². The Bertz CT molecular complexity index is 536. The van der Waals surface area contributed by atoms with Gasteiger partial charge in [-0.2, -0.15) is 0 Å². The fourth-order valence-corrected chi connectivity index (χ4v) is 2.12. The Balaban J connectivity index is 1.75. The molecule has 0 bridgehead atoms. The fraction of sp³-hybridized carbons (Fsp3) is 0.467. The van der Waals surface area contributed by atoms with E-state index in [1.165, 1.54) is 0 Å². The third-order valence-electron chi connectivity index (χ3n) is 3.56. The van der Waals surface area contributed by atoms with Gasteiger partial charge in [0.15, 0.2) is 0 Å². The highest BCUT2D eigenvalue weighted by Gasteiger charge is 2.56. The second-order valence-corrected chi connectivity index (χ2v) is 5.34. The van der Waals surface area contributed by atoms with Crippen LogP contribution in [0.1, 0.15) is 24.8 Å². The van der Waals surface area contributed by atoms with E-state index in [1.54, 1.807) is 24.3 Å². The van der Waals surface area contributed by atoms with Gasteiger partial charge in [-0.3, -0.25) is 0 Å². The second-order valence-electron chi connectivity index (χ2n) is 5.34. The summed E-state index contributed by atoms with van der Waals surface area (Å²) in [6, 6.07) is 7.69. The number of alkyl halides is 2. The van der Waals surface area contributed by atoms with Crippen molar-refractivity contribution in [3.8, 4) is 0 Å². The van der Waals surface area contributed by atoms with Gasteiger partial charge in [-0.15, -0.1) is 0 Å². The third kappa shape index (κ3) is 4.68. The first kappa shape index (κ1) is 16.2. The summed E-state index contributed by atoms with van der Waals surface area (Å²) in [5.74, 6) is -4.73. The first-order valence-corrected chi connectivity index (χ1v) is 6.96. The summed E-state index contributed by atoms with van der Waals surface area (Å²) in [6.07, 6.45) is -1.07. The summed E-state index contributed by atoms with van der Waals surface area (Å²) < 4.78 is 30.4. The van der Waals surface area contributed by atoms with E-state index in [4.69, 9.17) is 9.84 Å². The minimum absolute atomic E-state index is 0.0136. The number of alkyl carbamates (subject to hydrolysis) is 1. The van der Waals surface area contributed by atoms with Crippen LogP contribution in [-0.4, -0.2) is 29.1 Å². The zero-order valence-electron chi connectivity index (χ0n) is 11.8. The number of rotatable bonds is 7. The highest BCUT2D eigenvalue weighted by molar-refractivity contribution is 5.79. The Kier molecular flexibility index (Phi) is 4.95. The Morgan fingerprint density at radius 2 is 2.00 bits per heavy atom. The van der Waals surface area contributed by atoms with Crippen molar-refractivity contribution >= 4 is 12.1 Å². The van der Waals surface area contributed by atoms with Gasteiger partial charge in [0, 0.05) is 12.3 Å². The normalized spacial score (nSPS) is 20.0. The lowest BCUT2D eigenvalue weighted by Gasteiger charge is -2.14. The highest BCUT2D eigenvalue weighted by atomic mass is 19.3. The number of hydrogen-bond donors (Lipinski definition) is 2. The minimum Gasteiger partial charge on any atom is -0.480 e. The number of carbonyl (C=O) groups excluding carboxylic acids is 1. The number of amides is 1. The van der Waals surface area contributed by atoms with Gasteiger partial charge in [-0.05, 0) is 18.4 Å². The van der Waals surface area contributed by atoms with Crippen LogP contribution in [0.3, 0.4) is 0 Å². The predicted octanol–water partition coefficient (Wildman–Crippen LogP) is 2.80. The zero-order chi connectivity index (χ0) is 16.2. The Morgan fingerprint density at radius 3 is 2.55 bits per heavy atom. The van der Waals surface area contributed by atoms with Gasteiger partial charge < -0.3 is 15.2 Å². The van der Waals surface area contributed by atoms with E-state index in [0.29, 0.717) is 0 Å². The lowest BCUT2D eigenvalue weighted by molar-refractivity contribution is -0.139. The quantitative estimate of drug-likeness (QED) is 0.811. The molecule has 5 nitrogen and oxygen atoms in total. The number of carbonyl (C=O) groups is 2. The fourth-order valence-electron chi connectivity index (χ4n) is 2.12. The van der Waals surface area contributed by atoms with Crippen molar-refractivity contribution in [1.82, 2.24) is 5.32 Å². The van der Waals surface area contributed by atoms with Gasteiger partial charge >= 0.3 is 12.1 Å². The molecule has 1 amide bonds. The Hall–Kier alpha value is -2.18. The van der Waals surface area contributed by atoms with Gasteiger partial charge in [-0.1, -0.05) is 30.3 Å². The number of halogens is 2. The van der Waals surface area contributed by atoms with Crippen molar-refractivity contribution in [2.75, 3.05) is 0 Å². The van der Waals surface area contributed by atoms with Gasteiger partial charge in [0.05, 0.1) is 0 Å². The van der Waals surface area contributed by atoms with Crippen LogP contribution in [0, 0.1) is 5.92 Å². The van der Waals surface area contributed by atoms with E-state index in [-0.39, 0.29) is 25.9 Å². The molecule has 0 heterocycles. The molecule has 1 fully saturated rings. The predicted molar refractivity (Wildman–Crippen MR) is 73.5 cm³/mol. The average molecular weight is 313 g/mol. The smallest absolute Gasteiger partial charge is 0.408 e. The van der Waals surface area contributed by atoms with Crippen molar-refractivity contribution in [2.24, 2.45) is 5.92 Å². The van der Waals surface area contributed by atoms with Crippen LogP contribution < -0.4 is 5.32 Å². The molecule has 0 spiro atoms. The van der Waals surface area contributed by atoms with Crippen LogP contribution >= 0.6 is 0 Å². The number of aliphatic carboxylic acids is 1. The molecule has 120 valence electrons. The van der Waals surface area contributed by atoms with Crippen molar-refractivity contribution in [3.63, 3.8) is 0 Å². The van der Waals surface area contributed by atoms with Crippen LogP contribution in [-0.2, 0) is 16.1 Å². The number of hydrogen-bond acceptors (Lipinski definition) is 3. The molecule has 0 saturated heterocycles. The first-order valence-electron chi connectivity index (χ1n) is 6.96. The first-order chi connectivity index (χ1) is 10.4. The summed E-state index contributed by atoms with van der Waals surface area (Å²) in [4.78, 5) is 22.6. The van der Waals surface area contributed by atoms with E-state index in [0.717, 1.165) is 5.56 Å². The largest absolute Gasteiger partial charge is 0.480 e. The Labute approximate surface area is 126 Å². The maximum Gasteiger partial charge on any atom is 0.408 e. The third-order valence-corrected chi connectivity index (χ3v) is 3.56. The van der Waals surface area contributed by atoms with E-state index in [1.807, 2.05) is 6.07 Å². The van der Waals surface area contributed by atoms with Crippen LogP contribution in [0.2, 0.25) is 0 Å². The molecule has 7 heteroatoms. The van der Waals surface area contributed by atoms with Crippen molar-refractivity contribution < 1.29 is 28.2 Å². The molecule has 22 heavy (non-hydrogen) atoms. The zero-order valence-corrected chi connectivity index (χ0v) is 11.8. The number of ether oxygens (including phenoxy) is 1. The molecular weight excluding hydrogens is 296 g/mol. The maximum absolute atomic E-state index is 12.8. The summed E-state index contributed by atoms with van der Waals surface area (Å²) >= 11 is 0. The topological polar surface area (TPSA) is 75.6 Å². The molecule has 0 aromatic heterocycles. The molecule has 1 aliphatic rings. The molecule has 2 atom stereocenters. The molecule has 2 rings (SSSR count). The summed E-state index contributed by atoms with van der Waals surface area (Å²) in [5.41, 5.74) is 0.766. The molecule has 2 unspecified atom stereocenters. The maximum atomic E-state index is 12.8. The van der Waals surface area contributed by atoms with Crippen LogP contribution in [0.25, 0.3) is 0 Å². The van der Waals surface area contributed by atoms with Crippen molar-refractivity contribution in [3.05, 3.63) is 35.9 Å². The van der Waals surface area contributed by atoms with E-state index < -0.39 is 29.9 Å². The van der Waals surface area contributed by atoms with Crippen molar-refractivity contribution in [1.29, 1.82) is 0 Å². The highest BCUT2D eigenvalue weighted by Crippen LogP contribution is 2.51. The summed E-state index contributed by atoms with van der Waals surface area (Å²) in [7, 11) is 0. The van der Waals surface area contributed by atoms with Crippen LogP contribution in [0.5, 0.6) is 0 Å². The lowest BCUT2D eigenvalue weighted by Crippen LogP contribution is -2.41. The molecular formula is C15H17F2NO4. The number of nitrogens with one attached hydrogen (secondary N) is 1. The van der Waals surface area contributed by atoms with Crippen molar-refractivity contribution in [2.45, 2.75) is 37.8 Å². The second kappa shape index (κ2) is 6.72. The molecule has 1 saturated carbocycles. The summed E-state index contributed by atoms with van der Waals surface area (Å²) in [6.45, 7) is 0.0136. The lowest BCUT2D eigenvalue weighted by atomic mass is 10.1. The Morgan fingerprint density at radius 1 is 1.36 bits per heavy atom. The molecule has 0 radical (unpaired) electrons. The number of carboxylic acids is 1. The van der Waals surface area contributed by atoms with Gasteiger partial charge in [0.1, 0.15) is 12.6 Å². The monoisotopic (exact) mass is 313 g/mol. The van der Waals surface area contributed by atoms with Gasteiger partial charge in [0.25, 0.3) is 5.92 Å². The number of carboxylic acid groups (broad SMARTS) is 1. The van der Waals surface area contributed by atoms with Crippen LogP contribution in [0.15, 0.2) is 30.3 Å². The minimum atomic E-state index is -2.68. The molecule has 1 aliphatic carbocycles. The SMILES string of the molecule is O=C(NC(CCC1CC1(F)F)C(=O)O)OCc1ccccc1. The molecule has 2 N–H and O–H groups in total. The van der Waals surface area contributed by atoms with Gasteiger partial charge in [0.2, 0.25) is 0 Å². The standard InChI is InChI=1S/C15H17F2NO4/c16-15(17)8-11(15)6-7-12(13(19)20)18-14(21)22-9-10-4-2-1-3-5-10/h1-5,11-12H,6-9H2,(H,18,21)(H,19,20). The van der Waals surface area contributed by atoms with E-state index >= 15 is 0 Å². The molecule has 0 aliphatic heterocycles. The summed E-state index contributed by atoms with van der Waals surface area (Å²) in [5, 5.41) is 11.2.